The normalized spacial score (nSPS) is 16.6. The molecule has 96 valence electrons. The number of hydrogen-bond donors (Lipinski definition) is 0. The van der Waals surface area contributed by atoms with Crippen LogP contribution in [0.3, 0.4) is 0 Å². The quantitative estimate of drug-likeness (QED) is 0.646. The van der Waals surface area contributed by atoms with E-state index in [1.54, 1.807) is 0 Å². The van der Waals surface area contributed by atoms with E-state index >= 15 is 0 Å². The van der Waals surface area contributed by atoms with Gasteiger partial charge in [-0.1, -0.05) is 71.7 Å². The summed E-state index contributed by atoms with van der Waals surface area (Å²) in [5.41, 5.74) is 7.10. The molecular weight excluding hydrogens is 296 g/mol. The summed E-state index contributed by atoms with van der Waals surface area (Å²) >= 11 is 3.51. The predicted molar refractivity (Wildman–Crippen MR) is 85.3 cm³/mol. The second-order valence-corrected chi connectivity index (χ2v) is 6.59. The Morgan fingerprint density at radius 2 is 1.53 bits per heavy atom. The van der Waals surface area contributed by atoms with Gasteiger partial charge in [0.1, 0.15) is 0 Å². The minimum Gasteiger partial charge on any atom is -0.0619 e. The fourth-order valence-electron chi connectivity index (χ4n) is 2.95. The molecule has 0 aliphatic heterocycles. The SMILES string of the molecule is CC1=C(c2ccc(Br)cc2)c2ccccc2C1(C)C. The van der Waals surface area contributed by atoms with Gasteiger partial charge in [0.15, 0.2) is 0 Å². The first kappa shape index (κ1) is 12.7. The lowest BCUT2D eigenvalue weighted by molar-refractivity contribution is 0.639. The molecule has 0 nitrogen and oxygen atoms in total. The van der Waals surface area contributed by atoms with Gasteiger partial charge in [0.25, 0.3) is 0 Å². The summed E-state index contributed by atoms with van der Waals surface area (Å²) in [6.07, 6.45) is 0. The highest BCUT2D eigenvalue weighted by atomic mass is 79.9. The van der Waals surface area contributed by atoms with Crippen LogP contribution in [-0.4, -0.2) is 0 Å². The molecular formula is C18H17Br. The van der Waals surface area contributed by atoms with Crippen LogP contribution in [0, 0.1) is 0 Å². The van der Waals surface area contributed by atoms with Gasteiger partial charge in [0.05, 0.1) is 0 Å². The Morgan fingerprint density at radius 3 is 2.21 bits per heavy atom. The summed E-state index contributed by atoms with van der Waals surface area (Å²) in [7, 11) is 0. The van der Waals surface area contributed by atoms with E-state index in [1.807, 2.05) is 0 Å². The summed E-state index contributed by atoms with van der Waals surface area (Å²) in [5.74, 6) is 0. The Hall–Kier alpha value is -1.34. The van der Waals surface area contributed by atoms with Crippen molar-refractivity contribution in [2.75, 3.05) is 0 Å². The van der Waals surface area contributed by atoms with Crippen molar-refractivity contribution in [1.29, 1.82) is 0 Å². The van der Waals surface area contributed by atoms with Crippen molar-refractivity contribution in [2.24, 2.45) is 0 Å². The lowest BCUT2D eigenvalue weighted by Gasteiger charge is -2.22. The van der Waals surface area contributed by atoms with Crippen LogP contribution in [-0.2, 0) is 5.41 Å². The van der Waals surface area contributed by atoms with Gasteiger partial charge < -0.3 is 0 Å². The van der Waals surface area contributed by atoms with Crippen molar-refractivity contribution in [3.05, 3.63) is 75.3 Å². The molecule has 1 aliphatic carbocycles. The van der Waals surface area contributed by atoms with Crippen molar-refractivity contribution in [3.63, 3.8) is 0 Å². The van der Waals surface area contributed by atoms with E-state index in [2.05, 4.69) is 85.2 Å². The Morgan fingerprint density at radius 1 is 0.895 bits per heavy atom. The lowest BCUT2D eigenvalue weighted by atomic mass is 9.82. The molecule has 3 rings (SSSR count). The number of fused-ring (bicyclic) bond motifs is 1. The molecule has 0 bridgehead atoms. The van der Waals surface area contributed by atoms with E-state index < -0.39 is 0 Å². The monoisotopic (exact) mass is 312 g/mol. The van der Waals surface area contributed by atoms with Crippen LogP contribution < -0.4 is 0 Å². The average Bonchev–Trinajstić information content (AvgIpc) is 2.60. The number of rotatable bonds is 1. The van der Waals surface area contributed by atoms with E-state index in [0.717, 1.165) is 4.47 Å². The number of halogens is 1. The highest BCUT2D eigenvalue weighted by Gasteiger charge is 2.35. The van der Waals surface area contributed by atoms with E-state index in [4.69, 9.17) is 0 Å². The van der Waals surface area contributed by atoms with Gasteiger partial charge in [0, 0.05) is 9.89 Å². The van der Waals surface area contributed by atoms with E-state index in [0.29, 0.717) is 0 Å². The van der Waals surface area contributed by atoms with Gasteiger partial charge in [-0.3, -0.25) is 0 Å². The highest BCUT2D eigenvalue weighted by Crippen LogP contribution is 2.48. The van der Waals surface area contributed by atoms with Crippen molar-refractivity contribution in [1.82, 2.24) is 0 Å². The molecule has 0 saturated heterocycles. The molecule has 1 heteroatoms. The lowest BCUT2D eigenvalue weighted by Crippen LogP contribution is -2.15. The van der Waals surface area contributed by atoms with E-state index in [9.17, 15) is 0 Å². The minimum atomic E-state index is 0.124. The van der Waals surface area contributed by atoms with Crippen LogP contribution in [0.15, 0.2) is 58.6 Å². The maximum atomic E-state index is 3.51. The van der Waals surface area contributed by atoms with Crippen LogP contribution >= 0.6 is 15.9 Å². The van der Waals surface area contributed by atoms with Gasteiger partial charge in [-0.2, -0.15) is 0 Å². The van der Waals surface area contributed by atoms with E-state index in [-0.39, 0.29) is 5.41 Å². The molecule has 0 aromatic heterocycles. The topological polar surface area (TPSA) is 0 Å². The maximum Gasteiger partial charge on any atom is 0.0175 e. The molecule has 0 amide bonds. The van der Waals surface area contributed by atoms with Crippen LogP contribution in [0.4, 0.5) is 0 Å². The molecule has 0 atom stereocenters. The van der Waals surface area contributed by atoms with Gasteiger partial charge in [-0.05, 0) is 41.3 Å². The number of hydrogen-bond acceptors (Lipinski definition) is 0. The second kappa shape index (κ2) is 4.35. The summed E-state index contributed by atoms with van der Waals surface area (Å²) in [6, 6.07) is 17.4. The third-order valence-corrected chi connectivity index (χ3v) is 4.84. The van der Waals surface area contributed by atoms with E-state index in [1.165, 1.54) is 27.8 Å². The maximum absolute atomic E-state index is 3.51. The van der Waals surface area contributed by atoms with Crippen LogP contribution in [0.25, 0.3) is 5.57 Å². The molecule has 0 unspecified atom stereocenters. The molecule has 0 fully saturated rings. The van der Waals surface area contributed by atoms with Gasteiger partial charge in [-0.15, -0.1) is 0 Å². The first-order valence-electron chi connectivity index (χ1n) is 6.59. The first-order chi connectivity index (χ1) is 9.01. The van der Waals surface area contributed by atoms with Crippen LogP contribution in [0.2, 0.25) is 0 Å². The molecule has 2 aromatic carbocycles. The summed E-state index contributed by atoms with van der Waals surface area (Å²) in [4.78, 5) is 0. The van der Waals surface area contributed by atoms with Crippen molar-refractivity contribution in [3.8, 4) is 0 Å². The fraction of sp³-hybridized carbons (Fsp3) is 0.222. The molecule has 0 heterocycles. The molecule has 0 spiro atoms. The standard InChI is InChI=1S/C18H17Br/c1-12-17(13-8-10-14(19)11-9-13)15-6-4-5-7-16(15)18(12,2)3/h4-11H,1-3H3. The number of benzene rings is 2. The molecule has 2 aromatic rings. The van der Waals surface area contributed by atoms with Crippen molar-refractivity contribution < 1.29 is 0 Å². The third-order valence-electron chi connectivity index (χ3n) is 4.32. The average molecular weight is 313 g/mol. The Labute approximate surface area is 123 Å². The third kappa shape index (κ3) is 1.88. The van der Waals surface area contributed by atoms with Crippen LogP contribution in [0.1, 0.15) is 37.5 Å². The summed E-state index contributed by atoms with van der Waals surface area (Å²) in [5, 5.41) is 0. The highest BCUT2D eigenvalue weighted by molar-refractivity contribution is 9.10. The molecule has 19 heavy (non-hydrogen) atoms. The molecule has 0 N–H and O–H groups in total. The van der Waals surface area contributed by atoms with Gasteiger partial charge in [0.2, 0.25) is 0 Å². The van der Waals surface area contributed by atoms with Crippen molar-refractivity contribution in [2.45, 2.75) is 26.2 Å². The molecule has 1 aliphatic rings. The largest absolute Gasteiger partial charge is 0.0619 e. The smallest absolute Gasteiger partial charge is 0.0175 e. The van der Waals surface area contributed by atoms with Gasteiger partial charge >= 0.3 is 0 Å². The first-order valence-corrected chi connectivity index (χ1v) is 7.38. The Kier molecular flexibility index (Phi) is 2.90. The summed E-state index contributed by atoms with van der Waals surface area (Å²) < 4.78 is 1.13. The zero-order valence-corrected chi connectivity index (χ0v) is 13.1. The fourth-order valence-corrected chi connectivity index (χ4v) is 3.22. The molecule has 0 radical (unpaired) electrons. The summed E-state index contributed by atoms with van der Waals surface area (Å²) in [6.45, 7) is 6.89. The zero-order chi connectivity index (χ0) is 13.6. The zero-order valence-electron chi connectivity index (χ0n) is 11.5. The Bertz CT molecular complexity index is 660. The van der Waals surface area contributed by atoms with Gasteiger partial charge in [-0.25, -0.2) is 0 Å². The second-order valence-electron chi connectivity index (χ2n) is 5.68. The minimum absolute atomic E-state index is 0.124. The van der Waals surface area contributed by atoms with Crippen molar-refractivity contribution >= 4 is 21.5 Å². The predicted octanol–water partition coefficient (Wildman–Crippen LogP) is 5.56. The number of allylic oxidation sites excluding steroid dienone is 1. The Balaban J connectivity index is 2.26. The molecule has 0 saturated carbocycles. The van der Waals surface area contributed by atoms with Crippen LogP contribution in [0.5, 0.6) is 0 Å².